The lowest BCUT2D eigenvalue weighted by Crippen LogP contribution is -2.39. The first-order chi connectivity index (χ1) is 9.60. The Hall–Kier alpha value is -0.450. The van der Waals surface area contributed by atoms with Crippen molar-refractivity contribution in [2.24, 2.45) is 5.92 Å². The molecule has 1 fully saturated rings. The summed E-state index contributed by atoms with van der Waals surface area (Å²) in [6, 6.07) is 5.34. The van der Waals surface area contributed by atoms with Crippen LogP contribution in [0.5, 0.6) is 0 Å². The zero-order chi connectivity index (χ0) is 14.5. The monoisotopic (exact) mass is 343 g/mol. The third-order valence-electron chi connectivity index (χ3n) is 3.91. The predicted molar refractivity (Wildman–Crippen MR) is 83.4 cm³/mol. The van der Waals surface area contributed by atoms with Crippen molar-refractivity contribution in [1.29, 1.82) is 0 Å². The highest BCUT2D eigenvalue weighted by molar-refractivity contribution is 9.10. The minimum Gasteiger partial charge on any atom is -0.378 e. The topological polar surface area (TPSA) is 21.3 Å². The number of hydrogen-bond acceptors (Lipinski definition) is 2. The van der Waals surface area contributed by atoms with Gasteiger partial charge in [-0.15, -0.1) is 0 Å². The summed E-state index contributed by atoms with van der Waals surface area (Å²) in [7, 11) is 0. The summed E-state index contributed by atoms with van der Waals surface area (Å²) >= 11 is 3.47. The molecule has 20 heavy (non-hydrogen) atoms. The summed E-state index contributed by atoms with van der Waals surface area (Å²) < 4.78 is 19.7. The number of hydrogen-bond donors (Lipinski definition) is 1. The van der Waals surface area contributed by atoms with Crippen LogP contribution in [0.25, 0.3) is 0 Å². The fourth-order valence-corrected chi connectivity index (χ4v) is 3.30. The normalized spacial score (nSPS) is 24.0. The molecule has 1 N–H and O–H groups in total. The van der Waals surface area contributed by atoms with Crippen LogP contribution in [0.3, 0.4) is 0 Å². The molecule has 0 radical (unpaired) electrons. The van der Waals surface area contributed by atoms with Gasteiger partial charge in [-0.1, -0.05) is 28.9 Å². The SMILES string of the molecule is CCCNC(Cc1ccc(F)cc1Br)C1COC(C)C1. The van der Waals surface area contributed by atoms with E-state index in [1.165, 1.54) is 6.07 Å². The van der Waals surface area contributed by atoms with Gasteiger partial charge in [0.25, 0.3) is 0 Å². The molecule has 1 aliphatic heterocycles. The first kappa shape index (κ1) is 15.9. The van der Waals surface area contributed by atoms with E-state index >= 15 is 0 Å². The van der Waals surface area contributed by atoms with Crippen molar-refractivity contribution in [1.82, 2.24) is 5.32 Å². The van der Waals surface area contributed by atoms with Gasteiger partial charge in [-0.25, -0.2) is 4.39 Å². The number of halogens is 2. The smallest absolute Gasteiger partial charge is 0.124 e. The molecule has 2 nitrogen and oxygen atoms in total. The van der Waals surface area contributed by atoms with Crippen LogP contribution < -0.4 is 5.32 Å². The highest BCUT2D eigenvalue weighted by atomic mass is 79.9. The van der Waals surface area contributed by atoms with Gasteiger partial charge in [-0.3, -0.25) is 0 Å². The summed E-state index contributed by atoms with van der Waals surface area (Å²) in [5.41, 5.74) is 1.15. The Morgan fingerprint density at radius 1 is 1.50 bits per heavy atom. The van der Waals surface area contributed by atoms with Crippen LogP contribution in [0.1, 0.15) is 32.3 Å². The molecule has 3 atom stereocenters. The van der Waals surface area contributed by atoms with E-state index in [9.17, 15) is 4.39 Å². The number of benzene rings is 1. The van der Waals surface area contributed by atoms with Crippen molar-refractivity contribution < 1.29 is 9.13 Å². The van der Waals surface area contributed by atoms with Crippen molar-refractivity contribution in [3.05, 3.63) is 34.1 Å². The van der Waals surface area contributed by atoms with Crippen LogP contribution in [-0.2, 0) is 11.2 Å². The lowest BCUT2D eigenvalue weighted by molar-refractivity contribution is 0.117. The van der Waals surface area contributed by atoms with Crippen LogP contribution in [0.4, 0.5) is 4.39 Å². The Bertz CT molecular complexity index is 440. The minimum atomic E-state index is -0.198. The summed E-state index contributed by atoms with van der Waals surface area (Å²) in [4.78, 5) is 0. The zero-order valence-corrected chi connectivity index (χ0v) is 13.7. The highest BCUT2D eigenvalue weighted by Crippen LogP contribution is 2.27. The van der Waals surface area contributed by atoms with Gasteiger partial charge in [0.05, 0.1) is 12.7 Å². The second-order valence-electron chi connectivity index (χ2n) is 5.64. The van der Waals surface area contributed by atoms with E-state index in [4.69, 9.17) is 4.74 Å². The Balaban J connectivity index is 2.06. The maximum Gasteiger partial charge on any atom is 0.124 e. The molecule has 1 aromatic carbocycles. The van der Waals surface area contributed by atoms with Gasteiger partial charge in [0.1, 0.15) is 5.82 Å². The number of ether oxygens (including phenoxy) is 1. The molecule has 1 aliphatic rings. The maximum atomic E-state index is 13.2. The Morgan fingerprint density at radius 3 is 2.90 bits per heavy atom. The van der Waals surface area contributed by atoms with Crippen LogP contribution in [0.2, 0.25) is 0 Å². The van der Waals surface area contributed by atoms with Gasteiger partial charge in [0, 0.05) is 16.4 Å². The van der Waals surface area contributed by atoms with Gasteiger partial charge in [0.15, 0.2) is 0 Å². The van der Waals surface area contributed by atoms with E-state index in [-0.39, 0.29) is 5.82 Å². The van der Waals surface area contributed by atoms with Gasteiger partial charge in [-0.05, 0) is 50.4 Å². The van der Waals surface area contributed by atoms with Gasteiger partial charge in [0.2, 0.25) is 0 Å². The third kappa shape index (κ3) is 4.27. The number of nitrogens with one attached hydrogen (secondary N) is 1. The van der Waals surface area contributed by atoms with Crippen molar-refractivity contribution in [3.8, 4) is 0 Å². The van der Waals surface area contributed by atoms with Gasteiger partial charge in [-0.2, -0.15) is 0 Å². The average molecular weight is 344 g/mol. The first-order valence-electron chi connectivity index (χ1n) is 7.39. The maximum absolute atomic E-state index is 13.2. The molecule has 4 heteroatoms. The molecule has 1 aromatic rings. The van der Waals surface area contributed by atoms with E-state index in [0.29, 0.717) is 18.1 Å². The molecule has 0 amide bonds. The van der Waals surface area contributed by atoms with E-state index in [1.807, 2.05) is 6.07 Å². The summed E-state index contributed by atoms with van der Waals surface area (Å²) in [6.07, 6.45) is 3.47. The number of rotatable bonds is 6. The largest absolute Gasteiger partial charge is 0.378 e. The van der Waals surface area contributed by atoms with E-state index in [2.05, 4.69) is 35.1 Å². The van der Waals surface area contributed by atoms with Crippen molar-refractivity contribution >= 4 is 15.9 Å². The average Bonchev–Trinajstić information content (AvgIpc) is 2.83. The quantitative estimate of drug-likeness (QED) is 0.845. The van der Waals surface area contributed by atoms with E-state index in [1.54, 1.807) is 6.07 Å². The first-order valence-corrected chi connectivity index (χ1v) is 8.18. The molecule has 0 aromatic heterocycles. The summed E-state index contributed by atoms with van der Waals surface area (Å²) in [5, 5.41) is 3.63. The molecule has 0 aliphatic carbocycles. The molecule has 112 valence electrons. The molecule has 1 saturated heterocycles. The molecule has 0 saturated carbocycles. The Labute approximate surface area is 129 Å². The molecular formula is C16H23BrFNO. The molecule has 1 heterocycles. The predicted octanol–water partition coefficient (Wildman–Crippen LogP) is 3.92. The van der Waals surface area contributed by atoms with E-state index in [0.717, 1.165) is 42.5 Å². The van der Waals surface area contributed by atoms with Gasteiger partial charge >= 0.3 is 0 Å². The molecule has 3 unspecified atom stereocenters. The van der Waals surface area contributed by atoms with Crippen molar-refractivity contribution in [2.45, 2.75) is 45.3 Å². The summed E-state index contributed by atoms with van der Waals surface area (Å²) in [6.45, 7) is 6.13. The fraction of sp³-hybridized carbons (Fsp3) is 0.625. The Morgan fingerprint density at radius 2 is 2.30 bits per heavy atom. The molecule has 2 rings (SSSR count). The second-order valence-corrected chi connectivity index (χ2v) is 6.49. The molecular weight excluding hydrogens is 321 g/mol. The fourth-order valence-electron chi connectivity index (χ4n) is 2.79. The van der Waals surface area contributed by atoms with Crippen LogP contribution >= 0.6 is 15.9 Å². The Kier molecular flexibility index (Phi) is 6.00. The zero-order valence-electron chi connectivity index (χ0n) is 12.2. The lowest BCUT2D eigenvalue weighted by Gasteiger charge is -2.24. The molecule has 0 spiro atoms. The standard InChI is InChI=1S/C16H23BrFNO/c1-3-6-19-16(13-7-11(2)20-10-13)8-12-4-5-14(18)9-15(12)17/h4-5,9,11,13,16,19H,3,6-8,10H2,1-2H3. The lowest BCUT2D eigenvalue weighted by atomic mass is 9.91. The van der Waals surface area contributed by atoms with Crippen LogP contribution in [0.15, 0.2) is 22.7 Å². The van der Waals surface area contributed by atoms with Crippen molar-refractivity contribution in [2.75, 3.05) is 13.2 Å². The highest BCUT2D eigenvalue weighted by Gasteiger charge is 2.29. The van der Waals surface area contributed by atoms with Crippen molar-refractivity contribution in [3.63, 3.8) is 0 Å². The van der Waals surface area contributed by atoms with Crippen LogP contribution in [0, 0.1) is 11.7 Å². The second kappa shape index (κ2) is 7.53. The van der Waals surface area contributed by atoms with E-state index < -0.39 is 0 Å². The third-order valence-corrected chi connectivity index (χ3v) is 4.65. The van der Waals surface area contributed by atoms with Gasteiger partial charge < -0.3 is 10.1 Å². The summed E-state index contributed by atoms with van der Waals surface area (Å²) in [5.74, 6) is 0.338. The minimum absolute atomic E-state index is 0.198. The van der Waals surface area contributed by atoms with Crippen LogP contribution in [-0.4, -0.2) is 25.3 Å². The molecule has 0 bridgehead atoms.